The summed E-state index contributed by atoms with van der Waals surface area (Å²) >= 11 is 0. The van der Waals surface area contributed by atoms with Crippen LogP contribution >= 0.6 is 12.4 Å². The van der Waals surface area contributed by atoms with Gasteiger partial charge in [-0.2, -0.15) is 0 Å². The second kappa shape index (κ2) is 9.49. The van der Waals surface area contributed by atoms with Gasteiger partial charge in [-0.05, 0) is 51.9 Å². The molecule has 1 aromatic carbocycles. The summed E-state index contributed by atoms with van der Waals surface area (Å²) in [6.45, 7) is 8.49. The highest BCUT2D eigenvalue weighted by Gasteiger charge is 2.12. The molecule has 0 atom stereocenters. The maximum absolute atomic E-state index is 11.8. The number of aryl methyl sites for hydroxylation is 2. The number of rotatable bonds is 4. The van der Waals surface area contributed by atoms with Gasteiger partial charge in [0.25, 0.3) is 0 Å². The molecule has 0 radical (unpaired) electrons. The Hall–Kier alpha value is -1.52. The second-order valence-electron chi connectivity index (χ2n) is 4.91. The summed E-state index contributed by atoms with van der Waals surface area (Å²) in [6.07, 6.45) is 2.12. The highest BCUT2D eigenvalue weighted by molar-refractivity contribution is 5.85. The summed E-state index contributed by atoms with van der Waals surface area (Å²) in [5.41, 5.74) is 7.43. The van der Waals surface area contributed by atoms with Gasteiger partial charge in [0.15, 0.2) is 0 Å². The van der Waals surface area contributed by atoms with E-state index < -0.39 is 0 Å². The van der Waals surface area contributed by atoms with Crippen molar-refractivity contribution in [2.24, 2.45) is 5.73 Å². The molecule has 1 heterocycles. The normalized spacial score (nSPS) is 9.73. The third kappa shape index (κ3) is 4.24. The van der Waals surface area contributed by atoms with Crippen LogP contribution in [0.1, 0.15) is 36.5 Å². The zero-order valence-electron chi connectivity index (χ0n) is 14.0. The Morgan fingerprint density at radius 2 is 1.73 bits per heavy atom. The van der Waals surface area contributed by atoms with E-state index in [2.05, 4.69) is 12.7 Å². The summed E-state index contributed by atoms with van der Waals surface area (Å²) < 4.78 is 11.1. The van der Waals surface area contributed by atoms with Gasteiger partial charge >= 0.3 is 5.63 Å². The third-order valence-corrected chi connectivity index (χ3v) is 3.58. The number of hydrogen-bond donors (Lipinski definition) is 1. The molecule has 4 nitrogen and oxygen atoms in total. The van der Waals surface area contributed by atoms with Crippen molar-refractivity contribution in [1.29, 1.82) is 0 Å². The van der Waals surface area contributed by atoms with Crippen LogP contribution in [0.5, 0.6) is 5.75 Å². The molecule has 0 saturated heterocycles. The first kappa shape index (κ1) is 20.5. The maximum Gasteiger partial charge on any atom is 0.339 e. The number of unbranched alkanes of at least 4 members (excludes halogenated alkanes) is 1. The van der Waals surface area contributed by atoms with E-state index in [1.54, 1.807) is 6.92 Å². The Labute approximate surface area is 138 Å². The Morgan fingerprint density at radius 1 is 1.09 bits per heavy atom. The molecule has 0 aliphatic carbocycles. The van der Waals surface area contributed by atoms with Gasteiger partial charge in [-0.3, -0.25) is 0 Å². The van der Waals surface area contributed by atoms with Gasteiger partial charge in [0.1, 0.15) is 11.3 Å². The van der Waals surface area contributed by atoms with Gasteiger partial charge in [-0.1, -0.05) is 13.3 Å². The quantitative estimate of drug-likeness (QED) is 0.683. The van der Waals surface area contributed by atoms with Crippen LogP contribution in [0.3, 0.4) is 0 Å². The number of ether oxygens (including phenoxy) is 1. The lowest BCUT2D eigenvalue weighted by Gasteiger charge is -2.12. The molecule has 22 heavy (non-hydrogen) atoms. The smallest absolute Gasteiger partial charge is 0.339 e. The zero-order valence-corrected chi connectivity index (χ0v) is 14.8. The highest BCUT2D eigenvalue weighted by atomic mass is 35.5. The minimum Gasteiger partial charge on any atom is -0.493 e. The van der Waals surface area contributed by atoms with Crippen LogP contribution in [0, 0.1) is 20.8 Å². The van der Waals surface area contributed by atoms with Crippen molar-refractivity contribution in [3.8, 4) is 5.75 Å². The molecule has 0 fully saturated rings. The molecule has 2 aromatic rings. The lowest BCUT2D eigenvalue weighted by atomic mass is 10.0. The third-order valence-electron chi connectivity index (χ3n) is 3.58. The molecular formula is C17H26ClNO3. The van der Waals surface area contributed by atoms with E-state index in [9.17, 15) is 4.79 Å². The van der Waals surface area contributed by atoms with E-state index in [1.165, 1.54) is 7.05 Å². The summed E-state index contributed by atoms with van der Waals surface area (Å²) in [5, 5.41) is 0.984. The van der Waals surface area contributed by atoms with Crippen molar-refractivity contribution in [3.05, 3.63) is 39.2 Å². The number of benzene rings is 1. The van der Waals surface area contributed by atoms with Crippen LogP contribution in [0.2, 0.25) is 0 Å². The molecule has 124 valence electrons. The molecule has 1 aromatic heterocycles. The number of hydrogen-bond acceptors (Lipinski definition) is 4. The number of halogens is 1. The molecular weight excluding hydrogens is 302 g/mol. The molecule has 0 saturated carbocycles. The molecule has 2 N–H and O–H groups in total. The van der Waals surface area contributed by atoms with Gasteiger partial charge in [0, 0.05) is 16.5 Å². The van der Waals surface area contributed by atoms with Crippen molar-refractivity contribution in [3.63, 3.8) is 0 Å². The first-order valence-corrected chi connectivity index (χ1v) is 7.30. The largest absolute Gasteiger partial charge is 0.493 e. The summed E-state index contributed by atoms with van der Waals surface area (Å²) in [6, 6.07) is 3.93. The number of nitrogens with two attached hydrogens (primary N) is 1. The monoisotopic (exact) mass is 327 g/mol. The average molecular weight is 328 g/mol. The predicted molar refractivity (Wildman–Crippen MR) is 94.5 cm³/mol. The summed E-state index contributed by atoms with van der Waals surface area (Å²) in [4.78, 5) is 11.8. The van der Waals surface area contributed by atoms with Crippen molar-refractivity contribution in [1.82, 2.24) is 0 Å². The van der Waals surface area contributed by atoms with E-state index in [4.69, 9.17) is 9.15 Å². The molecule has 0 amide bonds. The summed E-state index contributed by atoms with van der Waals surface area (Å²) in [5.74, 6) is 0.798. The van der Waals surface area contributed by atoms with Gasteiger partial charge in [0.05, 0.1) is 6.61 Å². The first-order chi connectivity index (χ1) is 10.1. The van der Waals surface area contributed by atoms with Crippen LogP contribution in [-0.4, -0.2) is 13.7 Å². The summed E-state index contributed by atoms with van der Waals surface area (Å²) in [7, 11) is 1.50. The first-order valence-electron chi connectivity index (χ1n) is 7.30. The van der Waals surface area contributed by atoms with E-state index in [0.717, 1.165) is 35.1 Å². The van der Waals surface area contributed by atoms with Crippen LogP contribution in [0.15, 0.2) is 21.3 Å². The van der Waals surface area contributed by atoms with Crippen molar-refractivity contribution in [2.45, 2.75) is 40.5 Å². The van der Waals surface area contributed by atoms with Gasteiger partial charge in [0.2, 0.25) is 0 Å². The van der Waals surface area contributed by atoms with Crippen LogP contribution < -0.4 is 16.1 Å². The number of fused-ring (bicyclic) bond motifs is 1. The van der Waals surface area contributed by atoms with Crippen LogP contribution in [0.25, 0.3) is 11.0 Å². The molecule has 2 rings (SSSR count). The molecule has 0 spiro atoms. The Kier molecular flexibility index (Phi) is 8.83. The Balaban J connectivity index is 0.00000141. The fourth-order valence-electron chi connectivity index (χ4n) is 2.11. The SMILES string of the molecule is CCCCOc1ccc2c(C)c(C)c(=O)oc2c1C.CN.Cl. The van der Waals surface area contributed by atoms with Crippen molar-refractivity contribution >= 4 is 23.4 Å². The van der Waals surface area contributed by atoms with E-state index in [-0.39, 0.29) is 18.0 Å². The second-order valence-corrected chi connectivity index (χ2v) is 4.91. The minimum absolute atomic E-state index is 0. The zero-order chi connectivity index (χ0) is 16.0. The fraction of sp³-hybridized carbons (Fsp3) is 0.471. The molecule has 0 aliphatic heterocycles. The lowest BCUT2D eigenvalue weighted by molar-refractivity contribution is 0.307. The maximum atomic E-state index is 11.8. The fourth-order valence-corrected chi connectivity index (χ4v) is 2.11. The van der Waals surface area contributed by atoms with Gasteiger partial charge < -0.3 is 14.9 Å². The van der Waals surface area contributed by atoms with Gasteiger partial charge in [-0.25, -0.2) is 4.79 Å². The van der Waals surface area contributed by atoms with E-state index in [0.29, 0.717) is 17.8 Å². The topological polar surface area (TPSA) is 65.5 Å². The predicted octanol–water partition coefficient (Wildman–Crippen LogP) is 3.89. The standard InChI is InChI=1S/C16H20O3.CH5N.ClH/c1-5-6-9-18-14-8-7-13-10(2)11(3)16(17)19-15(13)12(14)4;1-2;/h7-8H,5-6,9H2,1-4H3;2H2,1H3;1H. The highest BCUT2D eigenvalue weighted by Crippen LogP contribution is 2.29. The van der Waals surface area contributed by atoms with E-state index in [1.807, 2.05) is 26.0 Å². The van der Waals surface area contributed by atoms with Gasteiger partial charge in [-0.15, -0.1) is 12.4 Å². The average Bonchev–Trinajstić information content (AvgIpc) is 2.50. The van der Waals surface area contributed by atoms with Crippen LogP contribution in [0.4, 0.5) is 0 Å². The molecule has 0 bridgehead atoms. The molecule has 5 heteroatoms. The lowest BCUT2D eigenvalue weighted by Crippen LogP contribution is -2.07. The van der Waals surface area contributed by atoms with Crippen molar-refractivity contribution < 1.29 is 9.15 Å². The van der Waals surface area contributed by atoms with Crippen molar-refractivity contribution in [2.75, 3.05) is 13.7 Å². The van der Waals surface area contributed by atoms with E-state index >= 15 is 0 Å². The molecule has 0 aliphatic rings. The molecule has 0 unspecified atom stereocenters. The van der Waals surface area contributed by atoms with Crippen LogP contribution in [-0.2, 0) is 0 Å². The Bertz CT molecular complexity index is 665. The minimum atomic E-state index is -0.265. The Morgan fingerprint density at radius 3 is 2.32 bits per heavy atom.